The van der Waals surface area contributed by atoms with Crippen LogP contribution in [-0.4, -0.2) is 19.0 Å². The van der Waals surface area contributed by atoms with Crippen molar-refractivity contribution in [3.05, 3.63) is 65.2 Å². The lowest BCUT2D eigenvalue weighted by molar-refractivity contribution is 0.0597. The minimum absolute atomic E-state index is 0.254. The standard InChI is InChI=1S/C18H19NO3/c1-12(2)13-8-6-7-11-16(13)19-17(20)14-9-4-5-10-15(14)18(21)22-3/h4-12H,1-3H3,(H,19,20). The molecule has 0 aliphatic carbocycles. The lowest BCUT2D eigenvalue weighted by Gasteiger charge is -2.14. The molecule has 0 fully saturated rings. The van der Waals surface area contributed by atoms with E-state index >= 15 is 0 Å². The molecule has 4 heteroatoms. The lowest BCUT2D eigenvalue weighted by atomic mass is 10.0. The topological polar surface area (TPSA) is 55.4 Å². The van der Waals surface area contributed by atoms with Crippen molar-refractivity contribution in [2.75, 3.05) is 12.4 Å². The third-order valence-corrected chi connectivity index (χ3v) is 3.41. The van der Waals surface area contributed by atoms with Crippen molar-refractivity contribution in [2.45, 2.75) is 19.8 Å². The molecule has 0 radical (unpaired) electrons. The number of benzene rings is 2. The fourth-order valence-corrected chi connectivity index (χ4v) is 2.27. The first-order valence-corrected chi connectivity index (χ1v) is 7.12. The SMILES string of the molecule is COC(=O)c1ccccc1C(=O)Nc1ccccc1C(C)C. The Hall–Kier alpha value is -2.62. The summed E-state index contributed by atoms with van der Waals surface area (Å²) in [5.74, 6) is -0.565. The van der Waals surface area contributed by atoms with Crippen LogP contribution in [0.25, 0.3) is 0 Å². The van der Waals surface area contributed by atoms with Gasteiger partial charge in [-0.05, 0) is 29.7 Å². The number of para-hydroxylation sites is 1. The Labute approximate surface area is 130 Å². The van der Waals surface area contributed by atoms with Gasteiger partial charge in [-0.1, -0.05) is 44.2 Å². The maximum Gasteiger partial charge on any atom is 0.338 e. The summed E-state index contributed by atoms with van der Waals surface area (Å²) in [6.07, 6.45) is 0. The van der Waals surface area contributed by atoms with E-state index in [0.717, 1.165) is 11.3 Å². The van der Waals surface area contributed by atoms with E-state index in [4.69, 9.17) is 4.74 Å². The van der Waals surface area contributed by atoms with Crippen LogP contribution in [0.4, 0.5) is 5.69 Å². The molecule has 1 N–H and O–H groups in total. The maximum absolute atomic E-state index is 12.5. The van der Waals surface area contributed by atoms with Gasteiger partial charge in [-0.3, -0.25) is 4.79 Å². The Morgan fingerprint density at radius 2 is 1.55 bits per heavy atom. The highest BCUT2D eigenvalue weighted by Gasteiger charge is 2.18. The first-order valence-electron chi connectivity index (χ1n) is 7.12. The monoisotopic (exact) mass is 297 g/mol. The van der Waals surface area contributed by atoms with Crippen LogP contribution in [0.5, 0.6) is 0 Å². The number of anilines is 1. The van der Waals surface area contributed by atoms with E-state index in [1.54, 1.807) is 24.3 Å². The second-order valence-corrected chi connectivity index (χ2v) is 5.23. The third kappa shape index (κ3) is 3.34. The van der Waals surface area contributed by atoms with Gasteiger partial charge in [0.15, 0.2) is 0 Å². The van der Waals surface area contributed by atoms with Gasteiger partial charge in [0, 0.05) is 5.69 Å². The Bertz CT molecular complexity index is 692. The van der Waals surface area contributed by atoms with E-state index in [2.05, 4.69) is 19.2 Å². The summed E-state index contributed by atoms with van der Waals surface area (Å²) in [4.78, 5) is 24.3. The van der Waals surface area contributed by atoms with Crippen molar-refractivity contribution in [1.82, 2.24) is 0 Å². The van der Waals surface area contributed by atoms with E-state index in [-0.39, 0.29) is 17.4 Å². The van der Waals surface area contributed by atoms with E-state index < -0.39 is 5.97 Å². The van der Waals surface area contributed by atoms with Gasteiger partial charge in [0.1, 0.15) is 0 Å². The Morgan fingerprint density at radius 3 is 2.18 bits per heavy atom. The fraction of sp³-hybridized carbons (Fsp3) is 0.222. The van der Waals surface area contributed by atoms with Crippen LogP contribution in [0, 0.1) is 0 Å². The zero-order valence-corrected chi connectivity index (χ0v) is 12.9. The van der Waals surface area contributed by atoms with Crippen molar-refractivity contribution in [1.29, 1.82) is 0 Å². The molecule has 1 amide bonds. The van der Waals surface area contributed by atoms with Crippen LogP contribution < -0.4 is 5.32 Å². The van der Waals surface area contributed by atoms with Crippen molar-refractivity contribution in [3.8, 4) is 0 Å². The van der Waals surface area contributed by atoms with Crippen LogP contribution in [-0.2, 0) is 4.74 Å². The van der Waals surface area contributed by atoms with E-state index in [1.807, 2.05) is 24.3 Å². The van der Waals surface area contributed by atoms with Gasteiger partial charge in [0.2, 0.25) is 0 Å². The van der Waals surface area contributed by atoms with Crippen LogP contribution in [0.15, 0.2) is 48.5 Å². The Balaban J connectivity index is 2.33. The minimum atomic E-state index is -0.525. The smallest absolute Gasteiger partial charge is 0.338 e. The maximum atomic E-state index is 12.5. The zero-order chi connectivity index (χ0) is 16.1. The summed E-state index contributed by atoms with van der Waals surface area (Å²) in [5.41, 5.74) is 2.35. The highest BCUT2D eigenvalue weighted by Crippen LogP contribution is 2.24. The number of carbonyl (C=O) groups excluding carboxylic acids is 2. The van der Waals surface area contributed by atoms with Crippen molar-refractivity contribution >= 4 is 17.6 Å². The second-order valence-electron chi connectivity index (χ2n) is 5.23. The van der Waals surface area contributed by atoms with Gasteiger partial charge in [-0.2, -0.15) is 0 Å². The third-order valence-electron chi connectivity index (χ3n) is 3.41. The molecule has 0 atom stereocenters. The van der Waals surface area contributed by atoms with Gasteiger partial charge in [-0.25, -0.2) is 4.79 Å². The van der Waals surface area contributed by atoms with E-state index in [9.17, 15) is 9.59 Å². The van der Waals surface area contributed by atoms with Crippen molar-refractivity contribution < 1.29 is 14.3 Å². The van der Waals surface area contributed by atoms with Crippen LogP contribution >= 0.6 is 0 Å². The molecule has 2 aromatic rings. The molecule has 0 aliphatic rings. The number of hydrogen-bond acceptors (Lipinski definition) is 3. The van der Waals surface area contributed by atoms with E-state index in [1.165, 1.54) is 7.11 Å². The van der Waals surface area contributed by atoms with Gasteiger partial charge in [-0.15, -0.1) is 0 Å². The number of carbonyl (C=O) groups is 2. The zero-order valence-electron chi connectivity index (χ0n) is 12.9. The molecule has 0 aliphatic heterocycles. The summed E-state index contributed by atoms with van der Waals surface area (Å²) in [7, 11) is 1.30. The van der Waals surface area contributed by atoms with Gasteiger partial charge in [0.05, 0.1) is 18.2 Å². The molecule has 2 aromatic carbocycles. The fourth-order valence-electron chi connectivity index (χ4n) is 2.27. The Morgan fingerprint density at radius 1 is 0.955 bits per heavy atom. The van der Waals surface area contributed by atoms with Gasteiger partial charge in [0.25, 0.3) is 5.91 Å². The summed E-state index contributed by atoms with van der Waals surface area (Å²) < 4.78 is 4.72. The highest BCUT2D eigenvalue weighted by atomic mass is 16.5. The second kappa shape index (κ2) is 6.89. The largest absolute Gasteiger partial charge is 0.465 e. The molecule has 0 spiro atoms. The normalized spacial score (nSPS) is 10.4. The number of esters is 1. The highest BCUT2D eigenvalue weighted by molar-refractivity contribution is 6.11. The average Bonchev–Trinajstić information content (AvgIpc) is 2.54. The van der Waals surface area contributed by atoms with Gasteiger partial charge >= 0.3 is 5.97 Å². The molecule has 4 nitrogen and oxygen atoms in total. The summed E-state index contributed by atoms with van der Waals surface area (Å²) in [6.45, 7) is 4.13. The summed E-state index contributed by atoms with van der Waals surface area (Å²) >= 11 is 0. The number of rotatable bonds is 4. The lowest BCUT2D eigenvalue weighted by Crippen LogP contribution is -2.18. The number of amides is 1. The molecule has 0 bridgehead atoms. The average molecular weight is 297 g/mol. The summed E-state index contributed by atoms with van der Waals surface area (Å²) in [5, 5.41) is 2.88. The molecule has 22 heavy (non-hydrogen) atoms. The van der Waals surface area contributed by atoms with E-state index in [0.29, 0.717) is 5.56 Å². The first kappa shape index (κ1) is 15.8. The number of hydrogen-bond donors (Lipinski definition) is 1. The molecule has 0 aromatic heterocycles. The molecular formula is C18H19NO3. The molecular weight excluding hydrogens is 278 g/mol. The molecule has 0 unspecified atom stereocenters. The first-order chi connectivity index (χ1) is 10.5. The van der Waals surface area contributed by atoms with Crippen molar-refractivity contribution in [3.63, 3.8) is 0 Å². The quantitative estimate of drug-likeness (QED) is 0.872. The molecule has 0 saturated carbocycles. The van der Waals surface area contributed by atoms with Gasteiger partial charge < -0.3 is 10.1 Å². The van der Waals surface area contributed by atoms with Crippen molar-refractivity contribution in [2.24, 2.45) is 0 Å². The molecule has 0 heterocycles. The number of methoxy groups -OCH3 is 1. The molecule has 0 saturated heterocycles. The van der Waals surface area contributed by atoms with Crippen LogP contribution in [0.1, 0.15) is 46.0 Å². The number of ether oxygens (including phenoxy) is 1. The van der Waals surface area contributed by atoms with Crippen LogP contribution in [0.2, 0.25) is 0 Å². The summed E-state index contributed by atoms with van der Waals surface area (Å²) in [6, 6.07) is 14.2. The molecule has 2 rings (SSSR count). The predicted octanol–water partition coefficient (Wildman–Crippen LogP) is 3.85. The van der Waals surface area contributed by atoms with Crippen LogP contribution in [0.3, 0.4) is 0 Å². The predicted molar refractivity (Wildman–Crippen MR) is 86.3 cm³/mol. The number of nitrogens with one attached hydrogen (secondary N) is 1. The molecule has 114 valence electrons. The Kier molecular flexibility index (Phi) is 4.94. The minimum Gasteiger partial charge on any atom is -0.465 e.